The van der Waals surface area contributed by atoms with Gasteiger partial charge in [0.25, 0.3) is 0 Å². The van der Waals surface area contributed by atoms with E-state index in [0.717, 1.165) is 114 Å². The third-order valence-electron chi connectivity index (χ3n) is 21.8. The number of rotatable bonds is 16. The van der Waals surface area contributed by atoms with Gasteiger partial charge in [0.1, 0.15) is 35.4 Å². The zero-order valence-corrected chi connectivity index (χ0v) is 82.3. The quantitative estimate of drug-likeness (QED) is 0.0843. The van der Waals surface area contributed by atoms with Crippen LogP contribution >= 0.6 is 0 Å². The Bertz CT molecular complexity index is 6250. The zero-order valence-electron chi connectivity index (χ0n) is 75.1. The molecular formula is C110H99Ir3N19-4. The van der Waals surface area contributed by atoms with Crippen LogP contribution in [0.2, 0.25) is 0 Å². The van der Waals surface area contributed by atoms with Crippen molar-refractivity contribution in [1.82, 2.24) is 49.0 Å². The van der Waals surface area contributed by atoms with Crippen LogP contribution in [-0.4, -0.2) is 68.9 Å². The number of nitrogens with zero attached hydrogens (tertiary/aromatic N) is 19. The average molecular weight is 2260 g/mol. The zero-order chi connectivity index (χ0) is 89.1. The number of imidazole rings is 2. The van der Waals surface area contributed by atoms with Crippen LogP contribution in [0.15, 0.2) is 358 Å². The van der Waals surface area contributed by atoms with Crippen molar-refractivity contribution in [3.8, 4) is 45.5 Å². The van der Waals surface area contributed by atoms with Gasteiger partial charge < -0.3 is 48.4 Å². The molecule has 0 N–H and O–H groups in total. The Morgan fingerprint density at radius 1 is 0.333 bits per heavy atom. The molecule has 21 rings (SSSR count). The minimum atomic E-state index is 0. The van der Waals surface area contributed by atoms with Crippen LogP contribution in [0.4, 0.5) is 68.8 Å². The Morgan fingerprint density at radius 3 is 1.23 bits per heavy atom. The van der Waals surface area contributed by atoms with E-state index in [-0.39, 0.29) is 60.3 Å². The molecule has 4 aliphatic heterocycles. The van der Waals surface area contributed by atoms with Crippen LogP contribution in [0, 0.1) is 70.0 Å². The molecule has 0 aliphatic carbocycles. The summed E-state index contributed by atoms with van der Waals surface area (Å²) in [6.45, 7) is 28.0. The molecule has 4 aliphatic rings. The van der Waals surface area contributed by atoms with Gasteiger partial charge in [-0.1, -0.05) is 188 Å². The smallest absolute Gasteiger partial charge is 0.501 e. The number of benzene rings is 12. The minimum absolute atomic E-state index is 0. The Morgan fingerprint density at radius 2 is 0.758 bits per heavy atom. The number of fused-ring (bicyclic) bond motifs is 3. The van der Waals surface area contributed by atoms with E-state index in [2.05, 4.69) is 250 Å². The van der Waals surface area contributed by atoms with Gasteiger partial charge in [-0.05, 0) is 96.8 Å². The van der Waals surface area contributed by atoms with Gasteiger partial charge in [-0.3, -0.25) is 9.97 Å². The van der Waals surface area contributed by atoms with Gasteiger partial charge in [-0.2, -0.15) is 134 Å². The van der Waals surface area contributed by atoms with Crippen molar-refractivity contribution >= 4 is 74.6 Å². The normalized spacial score (nSPS) is 12.6. The number of aromatic nitrogens is 10. The van der Waals surface area contributed by atoms with Gasteiger partial charge in [0.05, 0.1) is 35.4 Å². The maximum Gasteiger partial charge on any atom is 3.00 e. The largest absolute Gasteiger partial charge is 3.00 e. The van der Waals surface area contributed by atoms with Crippen molar-refractivity contribution in [2.45, 2.75) is 86.0 Å². The van der Waals surface area contributed by atoms with Gasteiger partial charge >= 0.3 is 40.2 Å². The number of amidine groups is 1. The molecule has 1 radical (unpaired) electrons. The molecule has 0 bridgehead atoms. The standard InChI is InChI=1S/2C21H23N2.C20H15N3.C19H16N4.C17H12N4.C12H10N4.3Ir/c2*1-15(2)18-11-8-12-19(16(3)4)20(18)23-14-13-22-21(23)17-9-6-5-7-10-17;1-4-10-17(11-5-1)20-21-23(19-14-8-3-9-15-19)16-22(20)18-12-6-2-7-13-18;1-14-8-6-7-11-16(14)18-20-12-17-19(21-18)22(2)13-23(17)15-9-4-3-5-10-15;1-3-7-14(8-4-1)20-13-21(15-9-5-2-6-10-15)17-16(20)18-11-12-19-17;1-15-9-16(10-5-3-2-4-6-10)12-11(15)7-13-8-14-12;;;/h2*5-9,11-16H,1-4H3;1-14,16H;3-9,11-13H,1-2H3;1-9,11-13H;2-5,7-9H,1H3;;;/q2*-1;4*-2;;2*+3. The third kappa shape index (κ3) is 22.1. The molecular weight excluding hydrogens is 2160 g/mol. The van der Waals surface area contributed by atoms with E-state index in [1.807, 2.05) is 307 Å². The summed E-state index contributed by atoms with van der Waals surface area (Å²) in [5.74, 6) is 8.78. The summed E-state index contributed by atoms with van der Waals surface area (Å²) in [6.07, 6.45) is 16.5. The van der Waals surface area contributed by atoms with E-state index in [9.17, 15) is 0 Å². The van der Waals surface area contributed by atoms with Gasteiger partial charge in [-0.15, -0.1) is 108 Å². The van der Waals surface area contributed by atoms with Crippen molar-refractivity contribution in [2.75, 3.05) is 53.4 Å². The summed E-state index contributed by atoms with van der Waals surface area (Å²) in [7, 11) is 3.97. The summed E-state index contributed by atoms with van der Waals surface area (Å²) in [4.78, 5) is 50.0. The molecule has 0 fully saturated rings. The molecule has 19 nitrogen and oxygen atoms in total. The summed E-state index contributed by atoms with van der Waals surface area (Å²) in [6, 6.07) is 119. The summed E-state index contributed by atoms with van der Waals surface area (Å²) < 4.78 is 4.44. The van der Waals surface area contributed by atoms with Crippen molar-refractivity contribution in [1.29, 1.82) is 0 Å². The third-order valence-corrected chi connectivity index (χ3v) is 21.8. The number of para-hydroxylation sites is 8. The second kappa shape index (κ2) is 45.7. The molecule has 0 spiro atoms. The van der Waals surface area contributed by atoms with E-state index in [4.69, 9.17) is 10.1 Å². The topological polar surface area (TPSA) is 151 Å². The fraction of sp³-hybridized carbons (Fsp3) is 0.136. The summed E-state index contributed by atoms with van der Waals surface area (Å²) in [5.41, 5.74) is 21.2. The molecule has 0 saturated heterocycles. The van der Waals surface area contributed by atoms with E-state index < -0.39 is 0 Å². The molecule has 665 valence electrons. The van der Waals surface area contributed by atoms with Crippen molar-refractivity contribution in [2.24, 2.45) is 5.10 Å². The summed E-state index contributed by atoms with van der Waals surface area (Å²) in [5, 5.41) is 6.63. The molecule has 0 unspecified atom stereocenters. The second-order valence-corrected chi connectivity index (χ2v) is 32.0. The predicted octanol–water partition coefficient (Wildman–Crippen LogP) is 25.1. The number of hydrogen-bond acceptors (Lipinski definition) is 17. The molecule has 132 heavy (non-hydrogen) atoms. The molecule has 12 aromatic carbocycles. The Kier molecular flexibility index (Phi) is 33.2. The summed E-state index contributed by atoms with van der Waals surface area (Å²) >= 11 is 0. The van der Waals surface area contributed by atoms with Crippen LogP contribution in [0.1, 0.15) is 112 Å². The first-order chi connectivity index (χ1) is 63.1. The van der Waals surface area contributed by atoms with E-state index >= 15 is 0 Å². The predicted molar refractivity (Wildman–Crippen MR) is 523 cm³/mol. The molecule has 5 aromatic heterocycles. The van der Waals surface area contributed by atoms with Gasteiger partial charge in [0.2, 0.25) is 0 Å². The number of anilines is 12. The van der Waals surface area contributed by atoms with Crippen molar-refractivity contribution in [3.63, 3.8) is 0 Å². The Hall–Kier alpha value is -13.7. The first-order valence-electron chi connectivity index (χ1n) is 43.2. The van der Waals surface area contributed by atoms with Crippen LogP contribution < -0.4 is 39.3 Å². The van der Waals surface area contributed by atoms with Crippen LogP contribution in [0.3, 0.4) is 0 Å². The van der Waals surface area contributed by atoms with Crippen molar-refractivity contribution < 1.29 is 60.3 Å². The second-order valence-electron chi connectivity index (χ2n) is 32.0. The van der Waals surface area contributed by atoms with E-state index in [1.165, 1.54) is 39.2 Å². The minimum Gasteiger partial charge on any atom is -0.501 e. The first-order valence-corrected chi connectivity index (χ1v) is 43.2. The first kappa shape index (κ1) is 95.9. The number of hydrazone groups is 1. The number of hydrogen-bond donors (Lipinski definition) is 0. The molecule has 17 aromatic rings. The van der Waals surface area contributed by atoms with Gasteiger partial charge in [-0.25, -0.2) is 29.9 Å². The van der Waals surface area contributed by atoms with Crippen LogP contribution in [0.25, 0.3) is 45.5 Å². The fourth-order valence-corrected chi connectivity index (χ4v) is 15.4. The molecule has 22 heteroatoms. The average Bonchev–Trinajstić information content (AvgIpc) is 1.67. The van der Waals surface area contributed by atoms with Crippen LogP contribution in [-0.2, 0) is 60.3 Å². The monoisotopic (exact) mass is 2260 g/mol. The number of aryl methyl sites for hydroxylation is 1. The SMILES string of the molecule is CC(C)c1cccc(C(C)C)c1-n1ccnc1-c1[c-]cccc1.CC(C)c1cccc(C(C)C)c1-n1ccnc1-c1[c-]cccc1.CN1[CH-]N(c2[c-]cccc2)c2ncncc21.Cc1ccccc1-c1ncc2c(n1)N(C)[CH-]N2c1[c-]cccc1.[Ir+3].[Ir+3].[Ir].[c-]1ccccc1N1[CH-]N(c2ccccc2)C(c2ccccc2)=N1.[c-]1ccccc1N1[CH-]N(c2ccccc2)c2nccnc21. The van der Waals surface area contributed by atoms with Gasteiger partial charge in [0.15, 0.2) is 5.82 Å². The molecule has 0 saturated carbocycles. The van der Waals surface area contributed by atoms with Crippen LogP contribution in [0.5, 0.6) is 0 Å². The maximum absolute atomic E-state index is 4.78. The van der Waals surface area contributed by atoms with Gasteiger partial charge in [0, 0.05) is 91.2 Å². The fourth-order valence-electron chi connectivity index (χ4n) is 15.4. The van der Waals surface area contributed by atoms with E-state index in [0.29, 0.717) is 23.7 Å². The molecule has 9 heterocycles. The Labute approximate surface area is 817 Å². The van der Waals surface area contributed by atoms with Crippen molar-refractivity contribution in [3.05, 3.63) is 450 Å². The molecule has 0 atom stereocenters. The molecule has 0 amide bonds. The van der Waals surface area contributed by atoms with E-state index in [1.54, 1.807) is 18.7 Å². The maximum atomic E-state index is 4.78. The Balaban J connectivity index is 0.000000134.